The number of rotatable bonds is 7. The van der Waals surface area contributed by atoms with E-state index in [4.69, 9.17) is 18.6 Å². The van der Waals surface area contributed by atoms with E-state index >= 15 is 0 Å². The van der Waals surface area contributed by atoms with Crippen LogP contribution in [0.25, 0.3) is 11.5 Å². The summed E-state index contributed by atoms with van der Waals surface area (Å²) in [4.78, 5) is 0.528. The first kappa shape index (κ1) is 18.1. The van der Waals surface area contributed by atoms with E-state index < -0.39 is 0 Å². The maximum absolute atomic E-state index is 13.7. The van der Waals surface area contributed by atoms with Gasteiger partial charge in [-0.25, -0.2) is 4.39 Å². The summed E-state index contributed by atoms with van der Waals surface area (Å²) in [5.41, 5.74) is 0.633. The number of hydrogen-bond acceptors (Lipinski definition) is 7. The predicted octanol–water partition coefficient (Wildman–Crippen LogP) is 4.19. The number of methoxy groups -OCH3 is 3. The monoisotopic (exact) mass is 376 g/mol. The normalized spacial score (nSPS) is 10.6. The molecule has 26 heavy (non-hydrogen) atoms. The topological polar surface area (TPSA) is 66.6 Å². The Morgan fingerprint density at radius 3 is 2.31 bits per heavy atom. The molecule has 3 aromatic rings. The molecule has 0 saturated heterocycles. The lowest BCUT2D eigenvalue weighted by Crippen LogP contribution is -1.95. The maximum Gasteiger partial charge on any atom is 0.248 e. The molecule has 0 saturated carbocycles. The lowest BCUT2D eigenvalue weighted by Gasteiger charge is -2.12. The summed E-state index contributed by atoms with van der Waals surface area (Å²) in [5, 5.41) is 8.07. The van der Waals surface area contributed by atoms with Crippen LogP contribution in [0.15, 0.2) is 45.7 Å². The standard InChI is InChI=1S/C18H17FN2O4S/c1-22-13-8-11(9-14(23-2)17(13)24-3)18-21-20-16(25-18)10-26-15-7-5-4-6-12(15)19/h4-9H,10H2,1-3H3. The van der Waals surface area contributed by atoms with Gasteiger partial charge >= 0.3 is 0 Å². The molecular formula is C18H17FN2O4S. The number of ether oxygens (including phenoxy) is 3. The number of aromatic nitrogens is 2. The van der Waals surface area contributed by atoms with E-state index in [0.717, 1.165) is 0 Å². The van der Waals surface area contributed by atoms with Gasteiger partial charge in [0.2, 0.25) is 17.5 Å². The van der Waals surface area contributed by atoms with Crippen molar-refractivity contribution in [2.45, 2.75) is 10.6 Å². The third-order valence-electron chi connectivity index (χ3n) is 3.57. The minimum Gasteiger partial charge on any atom is -0.493 e. The molecule has 0 atom stereocenters. The lowest BCUT2D eigenvalue weighted by molar-refractivity contribution is 0.324. The molecule has 0 fully saturated rings. The van der Waals surface area contributed by atoms with Gasteiger partial charge in [-0.3, -0.25) is 0 Å². The molecule has 0 aliphatic heterocycles. The molecule has 0 aliphatic rings. The SMILES string of the molecule is COc1cc(-c2nnc(CSc3ccccc3F)o2)cc(OC)c1OC. The quantitative estimate of drug-likeness (QED) is 0.573. The van der Waals surface area contributed by atoms with Crippen molar-refractivity contribution < 1.29 is 23.0 Å². The molecule has 6 nitrogen and oxygen atoms in total. The third-order valence-corrected chi connectivity index (χ3v) is 4.60. The van der Waals surface area contributed by atoms with Gasteiger partial charge in [-0.2, -0.15) is 0 Å². The number of halogens is 1. The molecule has 2 aromatic carbocycles. The summed E-state index contributed by atoms with van der Waals surface area (Å²) in [7, 11) is 4.60. The Morgan fingerprint density at radius 1 is 1.00 bits per heavy atom. The van der Waals surface area contributed by atoms with E-state index in [9.17, 15) is 4.39 Å². The van der Waals surface area contributed by atoms with Crippen molar-refractivity contribution >= 4 is 11.8 Å². The zero-order chi connectivity index (χ0) is 18.5. The third kappa shape index (κ3) is 3.75. The second-order valence-electron chi connectivity index (χ2n) is 5.13. The van der Waals surface area contributed by atoms with Gasteiger partial charge in [-0.1, -0.05) is 12.1 Å². The van der Waals surface area contributed by atoms with Gasteiger partial charge in [0.1, 0.15) is 5.82 Å². The van der Waals surface area contributed by atoms with Gasteiger partial charge < -0.3 is 18.6 Å². The average molecular weight is 376 g/mol. The Bertz CT molecular complexity index is 875. The minimum absolute atomic E-state index is 0.276. The highest BCUT2D eigenvalue weighted by Crippen LogP contribution is 2.41. The van der Waals surface area contributed by atoms with E-state index in [2.05, 4.69) is 10.2 Å². The number of hydrogen-bond donors (Lipinski definition) is 0. The van der Waals surface area contributed by atoms with Gasteiger partial charge in [0.15, 0.2) is 11.5 Å². The van der Waals surface area contributed by atoms with Crippen LogP contribution in [0.4, 0.5) is 4.39 Å². The first-order chi connectivity index (χ1) is 12.7. The fourth-order valence-electron chi connectivity index (χ4n) is 2.33. The first-order valence-corrected chi connectivity index (χ1v) is 8.65. The maximum atomic E-state index is 13.7. The van der Waals surface area contributed by atoms with Crippen molar-refractivity contribution in [1.29, 1.82) is 0 Å². The molecule has 3 rings (SSSR count). The van der Waals surface area contributed by atoms with Crippen LogP contribution in [0.2, 0.25) is 0 Å². The van der Waals surface area contributed by atoms with Crippen LogP contribution in [-0.2, 0) is 5.75 Å². The van der Waals surface area contributed by atoms with Crippen molar-refractivity contribution in [2.24, 2.45) is 0 Å². The molecule has 0 spiro atoms. The second kappa shape index (κ2) is 8.09. The molecule has 0 amide bonds. The van der Waals surface area contributed by atoms with Crippen LogP contribution in [0.3, 0.4) is 0 Å². The molecule has 0 unspecified atom stereocenters. The van der Waals surface area contributed by atoms with Gasteiger partial charge in [-0.15, -0.1) is 22.0 Å². The Labute approximate surface area is 154 Å². The van der Waals surface area contributed by atoms with E-state index in [1.165, 1.54) is 39.2 Å². The van der Waals surface area contributed by atoms with E-state index in [0.29, 0.717) is 45.2 Å². The Hall–Kier alpha value is -2.74. The Balaban J connectivity index is 1.82. The first-order valence-electron chi connectivity index (χ1n) is 7.66. The van der Waals surface area contributed by atoms with Crippen LogP contribution >= 0.6 is 11.8 Å². The van der Waals surface area contributed by atoms with Crippen LogP contribution in [-0.4, -0.2) is 31.5 Å². The molecular weight excluding hydrogens is 359 g/mol. The molecule has 0 N–H and O–H groups in total. The lowest BCUT2D eigenvalue weighted by atomic mass is 10.2. The van der Waals surface area contributed by atoms with Crippen molar-refractivity contribution in [1.82, 2.24) is 10.2 Å². The molecule has 8 heteroatoms. The van der Waals surface area contributed by atoms with Gasteiger partial charge in [0.25, 0.3) is 0 Å². The van der Waals surface area contributed by atoms with Crippen molar-refractivity contribution in [3.8, 4) is 28.7 Å². The number of benzene rings is 2. The highest BCUT2D eigenvalue weighted by Gasteiger charge is 2.17. The number of nitrogens with zero attached hydrogens (tertiary/aromatic N) is 2. The largest absolute Gasteiger partial charge is 0.493 e. The van der Waals surface area contributed by atoms with E-state index in [-0.39, 0.29) is 5.82 Å². The second-order valence-corrected chi connectivity index (χ2v) is 6.15. The van der Waals surface area contributed by atoms with Gasteiger partial charge in [0, 0.05) is 10.5 Å². The van der Waals surface area contributed by atoms with E-state index in [1.54, 1.807) is 30.3 Å². The summed E-state index contributed by atoms with van der Waals surface area (Å²) in [6, 6.07) is 9.99. The highest BCUT2D eigenvalue weighted by atomic mass is 32.2. The smallest absolute Gasteiger partial charge is 0.248 e. The molecule has 0 bridgehead atoms. The summed E-state index contributed by atoms with van der Waals surface area (Å²) < 4.78 is 35.3. The average Bonchev–Trinajstić information content (AvgIpc) is 3.15. The predicted molar refractivity (Wildman–Crippen MR) is 95.4 cm³/mol. The van der Waals surface area contributed by atoms with Crippen LogP contribution in [0, 0.1) is 5.82 Å². The fourth-order valence-corrected chi connectivity index (χ4v) is 3.11. The van der Waals surface area contributed by atoms with Crippen LogP contribution in [0.5, 0.6) is 17.2 Å². The Morgan fingerprint density at radius 2 is 1.69 bits per heavy atom. The zero-order valence-electron chi connectivity index (χ0n) is 14.5. The van der Waals surface area contributed by atoms with Crippen molar-refractivity contribution in [3.63, 3.8) is 0 Å². The van der Waals surface area contributed by atoms with Crippen LogP contribution < -0.4 is 14.2 Å². The Kier molecular flexibility index (Phi) is 5.62. The summed E-state index contributed by atoms with van der Waals surface area (Å²) >= 11 is 1.29. The minimum atomic E-state index is -0.276. The number of thioether (sulfide) groups is 1. The van der Waals surface area contributed by atoms with Gasteiger partial charge in [0.05, 0.1) is 27.1 Å². The molecule has 0 radical (unpaired) electrons. The van der Waals surface area contributed by atoms with Crippen molar-refractivity contribution in [2.75, 3.05) is 21.3 Å². The zero-order valence-corrected chi connectivity index (χ0v) is 15.3. The van der Waals surface area contributed by atoms with Crippen molar-refractivity contribution in [3.05, 3.63) is 48.1 Å². The van der Waals surface area contributed by atoms with Gasteiger partial charge in [-0.05, 0) is 24.3 Å². The highest BCUT2D eigenvalue weighted by molar-refractivity contribution is 7.98. The molecule has 136 valence electrons. The molecule has 0 aliphatic carbocycles. The van der Waals surface area contributed by atoms with E-state index in [1.807, 2.05) is 0 Å². The fraction of sp³-hybridized carbons (Fsp3) is 0.222. The van der Waals surface area contributed by atoms with Crippen LogP contribution in [0.1, 0.15) is 5.89 Å². The summed E-state index contributed by atoms with van der Waals surface area (Å²) in [5.74, 6) is 2.24. The molecule has 1 aromatic heterocycles. The summed E-state index contributed by atoms with van der Waals surface area (Å²) in [6.45, 7) is 0. The summed E-state index contributed by atoms with van der Waals surface area (Å²) in [6.07, 6.45) is 0. The molecule has 1 heterocycles.